The summed E-state index contributed by atoms with van der Waals surface area (Å²) in [4.78, 5) is 23.5. The molecule has 2 aliphatic heterocycles. The van der Waals surface area contributed by atoms with Crippen LogP contribution in [0.15, 0.2) is 72.8 Å². The number of hydrogen-bond acceptors (Lipinski definition) is 9. The number of aromatic nitrogens is 2. The molecule has 1 N–H and O–H groups in total. The van der Waals surface area contributed by atoms with Gasteiger partial charge in [0.25, 0.3) is 10.1 Å². The van der Waals surface area contributed by atoms with E-state index in [2.05, 4.69) is 20.9 Å². The molecule has 6 rings (SSSR count). The van der Waals surface area contributed by atoms with Crippen LogP contribution < -0.4 is 10.1 Å². The Morgan fingerprint density at radius 3 is 2.45 bits per heavy atom. The number of methoxy groups -OCH3 is 1. The van der Waals surface area contributed by atoms with Crippen molar-refractivity contribution in [1.82, 2.24) is 19.4 Å². The quantitative estimate of drug-likeness (QED) is 0.125. The monoisotopic (exact) mass is 721 g/mol. The van der Waals surface area contributed by atoms with E-state index in [-0.39, 0.29) is 37.3 Å². The van der Waals surface area contributed by atoms with Gasteiger partial charge in [0.15, 0.2) is 0 Å². The maximum absolute atomic E-state index is 14.6. The smallest absolute Gasteiger partial charge is 0.264 e. The normalized spacial score (nSPS) is 20.4. The van der Waals surface area contributed by atoms with Crippen LogP contribution in [-0.4, -0.2) is 98.6 Å². The minimum atomic E-state index is -3.91. The second-order valence-corrected chi connectivity index (χ2v) is 15.1. The van der Waals surface area contributed by atoms with Crippen LogP contribution in [0.3, 0.4) is 0 Å². The Morgan fingerprint density at radius 1 is 1.00 bits per heavy atom. The number of para-hydroxylation sites is 3. The number of piperidine rings is 1. The molecule has 51 heavy (non-hydrogen) atoms. The predicted molar refractivity (Wildman–Crippen MR) is 195 cm³/mol. The van der Waals surface area contributed by atoms with Crippen LogP contribution in [0.25, 0.3) is 11.0 Å². The fourth-order valence-corrected chi connectivity index (χ4v) is 8.15. The molecule has 4 aromatic rings. The number of benzene rings is 3. The lowest BCUT2D eigenvalue weighted by atomic mass is 9.75. The van der Waals surface area contributed by atoms with Crippen molar-refractivity contribution in [2.75, 3.05) is 58.1 Å². The van der Waals surface area contributed by atoms with Crippen LogP contribution in [0.5, 0.6) is 5.75 Å². The van der Waals surface area contributed by atoms with Crippen molar-refractivity contribution in [2.24, 2.45) is 5.41 Å². The van der Waals surface area contributed by atoms with Gasteiger partial charge < -0.3 is 29.2 Å². The predicted octanol–water partition coefficient (Wildman–Crippen LogP) is 5.10. The Labute approximate surface area is 299 Å². The van der Waals surface area contributed by atoms with Crippen molar-refractivity contribution >= 4 is 33.0 Å². The number of hydrogen-bond donors (Lipinski definition) is 1. The van der Waals surface area contributed by atoms with Crippen LogP contribution >= 0.6 is 0 Å². The summed E-state index contributed by atoms with van der Waals surface area (Å²) in [6, 6.07) is 21.8. The molecule has 1 aromatic heterocycles. The third-order valence-electron chi connectivity index (χ3n) is 10.1. The van der Waals surface area contributed by atoms with Crippen molar-refractivity contribution in [2.45, 2.75) is 57.8 Å². The third-order valence-corrected chi connectivity index (χ3v) is 10.7. The van der Waals surface area contributed by atoms with Crippen molar-refractivity contribution in [3.63, 3.8) is 0 Å². The molecule has 13 heteroatoms. The maximum Gasteiger partial charge on any atom is 0.264 e. The number of nitrogens with zero attached hydrogens (tertiary/aromatic N) is 4. The zero-order valence-corrected chi connectivity index (χ0v) is 30.4. The SMILES string of the molecule is CCOCCn1c(NC2CCN(CCC3(Cc4ccc(F)cc4)C(=O)N(Cc4ccccc4OC)CC3OS(C)(=O)=O)CC2)nc2ccccc21. The highest BCUT2D eigenvalue weighted by Crippen LogP contribution is 2.43. The number of likely N-dealkylation sites (tertiary alicyclic amines) is 2. The molecule has 2 fully saturated rings. The number of amides is 1. The largest absolute Gasteiger partial charge is 0.496 e. The topological polar surface area (TPSA) is 115 Å². The maximum atomic E-state index is 14.6. The van der Waals surface area contributed by atoms with Gasteiger partial charge in [-0.3, -0.25) is 8.98 Å². The average molecular weight is 722 g/mol. The van der Waals surface area contributed by atoms with Gasteiger partial charge in [-0.15, -0.1) is 0 Å². The molecular weight excluding hydrogens is 674 g/mol. The summed E-state index contributed by atoms with van der Waals surface area (Å²) in [6.07, 6.45) is 2.42. The first-order chi connectivity index (χ1) is 24.6. The highest BCUT2D eigenvalue weighted by molar-refractivity contribution is 7.86. The summed E-state index contributed by atoms with van der Waals surface area (Å²) in [5.41, 5.74) is 2.36. The van der Waals surface area contributed by atoms with Crippen molar-refractivity contribution in [1.29, 1.82) is 0 Å². The van der Waals surface area contributed by atoms with Gasteiger partial charge in [0.2, 0.25) is 11.9 Å². The van der Waals surface area contributed by atoms with Crippen molar-refractivity contribution in [3.8, 4) is 5.75 Å². The minimum absolute atomic E-state index is 0.0986. The summed E-state index contributed by atoms with van der Waals surface area (Å²) in [6.45, 7) is 6.44. The Hall–Kier alpha value is -4.04. The Bertz CT molecular complexity index is 1900. The molecule has 11 nitrogen and oxygen atoms in total. The van der Waals surface area contributed by atoms with E-state index in [1.807, 2.05) is 49.4 Å². The van der Waals surface area contributed by atoms with E-state index >= 15 is 0 Å². The Kier molecular flexibility index (Phi) is 11.6. The summed E-state index contributed by atoms with van der Waals surface area (Å²) in [5, 5.41) is 3.69. The molecule has 3 aromatic carbocycles. The lowest BCUT2D eigenvalue weighted by Crippen LogP contribution is -2.47. The molecule has 2 aliphatic rings. The number of anilines is 1. The summed E-state index contributed by atoms with van der Waals surface area (Å²) >= 11 is 0. The molecule has 1 amide bonds. The number of carbonyl (C=O) groups is 1. The van der Waals surface area contributed by atoms with E-state index in [0.717, 1.165) is 60.3 Å². The van der Waals surface area contributed by atoms with Crippen LogP contribution in [0.1, 0.15) is 37.3 Å². The van der Waals surface area contributed by atoms with Crippen LogP contribution in [0.2, 0.25) is 0 Å². The van der Waals surface area contributed by atoms with Crippen molar-refractivity contribution in [3.05, 3.63) is 89.7 Å². The van der Waals surface area contributed by atoms with E-state index in [1.54, 1.807) is 24.1 Å². The zero-order chi connectivity index (χ0) is 36.0. The third kappa shape index (κ3) is 8.71. The highest BCUT2D eigenvalue weighted by Gasteiger charge is 2.55. The lowest BCUT2D eigenvalue weighted by molar-refractivity contribution is -0.138. The van der Waals surface area contributed by atoms with Gasteiger partial charge in [0, 0.05) is 50.9 Å². The standard InChI is InChI=1S/C38H48FN5O6S/c1-4-49-24-23-44-33-11-7-6-10-32(33)41-37(44)40-31-17-20-42(21-18-31)22-19-38(25-28-13-15-30(39)16-14-28)35(50-51(3,46)47)27-43(36(38)45)26-29-9-5-8-12-34(29)48-2/h5-16,31,35H,4,17-27H2,1-3H3,(H,40,41). The molecular formula is C38H48FN5O6S. The highest BCUT2D eigenvalue weighted by atomic mass is 32.2. The van der Waals surface area contributed by atoms with Crippen LogP contribution in [0.4, 0.5) is 10.3 Å². The van der Waals surface area contributed by atoms with E-state index in [0.29, 0.717) is 38.5 Å². The second-order valence-electron chi connectivity index (χ2n) is 13.5. The van der Waals surface area contributed by atoms with Crippen LogP contribution in [-0.2, 0) is 43.3 Å². The van der Waals surface area contributed by atoms with Crippen molar-refractivity contribution < 1.29 is 31.3 Å². The number of fused-ring (bicyclic) bond motifs is 1. The van der Waals surface area contributed by atoms with Gasteiger partial charge in [-0.2, -0.15) is 8.42 Å². The Morgan fingerprint density at radius 2 is 1.73 bits per heavy atom. The van der Waals surface area contributed by atoms with Gasteiger partial charge >= 0.3 is 0 Å². The van der Waals surface area contributed by atoms with E-state index in [4.69, 9.17) is 18.6 Å². The van der Waals surface area contributed by atoms with Gasteiger partial charge in [-0.25, -0.2) is 9.37 Å². The number of carbonyl (C=O) groups excluding carboxylic acids is 1. The molecule has 0 bridgehead atoms. The number of imidazole rings is 1. The number of nitrogens with one attached hydrogen (secondary N) is 1. The fraction of sp³-hybridized carbons (Fsp3) is 0.474. The van der Waals surface area contributed by atoms with E-state index in [1.165, 1.54) is 12.1 Å². The summed E-state index contributed by atoms with van der Waals surface area (Å²) in [7, 11) is -2.33. The molecule has 0 spiro atoms. The van der Waals surface area contributed by atoms with Gasteiger partial charge in [0.05, 0.1) is 36.4 Å². The molecule has 2 saturated heterocycles. The van der Waals surface area contributed by atoms with E-state index < -0.39 is 21.6 Å². The second kappa shape index (κ2) is 16.1. The van der Waals surface area contributed by atoms with Gasteiger partial charge in [-0.05, 0) is 75.0 Å². The number of rotatable bonds is 16. The Balaban J connectivity index is 1.19. The minimum Gasteiger partial charge on any atom is -0.496 e. The number of halogens is 1. The summed E-state index contributed by atoms with van der Waals surface area (Å²) < 4.78 is 58.4. The lowest BCUT2D eigenvalue weighted by Gasteiger charge is -2.37. The summed E-state index contributed by atoms with van der Waals surface area (Å²) in [5.74, 6) is 0.908. The molecule has 0 saturated carbocycles. The first-order valence-electron chi connectivity index (χ1n) is 17.6. The molecule has 3 heterocycles. The first-order valence-corrected chi connectivity index (χ1v) is 19.5. The first kappa shape index (κ1) is 36.7. The molecule has 2 atom stereocenters. The van der Waals surface area contributed by atoms with Gasteiger partial charge in [-0.1, -0.05) is 42.5 Å². The molecule has 0 aliphatic carbocycles. The fourth-order valence-electron chi connectivity index (χ4n) is 7.49. The molecule has 0 radical (unpaired) electrons. The average Bonchev–Trinajstić information content (AvgIpc) is 3.58. The van der Waals surface area contributed by atoms with Crippen LogP contribution in [0, 0.1) is 11.2 Å². The van der Waals surface area contributed by atoms with Gasteiger partial charge in [0.1, 0.15) is 17.7 Å². The van der Waals surface area contributed by atoms with E-state index in [9.17, 15) is 17.6 Å². The zero-order valence-electron chi connectivity index (χ0n) is 29.6. The molecule has 2 unspecified atom stereocenters. The molecule has 274 valence electrons. The number of ether oxygens (including phenoxy) is 2.